The third-order valence-electron chi connectivity index (χ3n) is 4.20. The molecule has 1 aliphatic heterocycles. The number of aryl methyl sites for hydroxylation is 2. The first-order valence-corrected chi connectivity index (χ1v) is 10.6. The van der Waals surface area contributed by atoms with Crippen molar-refractivity contribution < 1.29 is 9.59 Å². The zero-order valence-electron chi connectivity index (χ0n) is 14.2. The molecule has 4 heterocycles. The van der Waals surface area contributed by atoms with Crippen molar-refractivity contribution >= 4 is 45.8 Å². The molecule has 128 valence electrons. The molecule has 0 spiro atoms. The van der Waals surface area contributed by atoms with Gasteiger partial charge in [0.15, 0.2) is 0 Å². The Balaban J connectivity index is 1.95. The Morgan fingerprint density at radius 1 is 0.800 bits per heavy atom. The molecule has 0 saturated carbocycles. The smallest absolute Gasteiger partial charge is 0.263 e. The topological polar surface area (TPSA) is 37.4 Å². The molecule has 0 unspecified atom stereocenters. The van der Waals surface area contributed by atoms with Crippen LogP contribution in [0.15, 0.2) is 24.3 Å². The Bertz CT molecular complexity index is 918. The van der Waals surface area contributed by atoms with Gasteiger partial charge in [0.25, 0.3) is 11.8 Å². The SMILES string of the molecule is CCCN1C(=O)c2c(-c3ccc(C)s3)sc(-c3ccc(C)s3)c2C1=O. The van der Waals surface area contributed by atoms with Crippen LogP contribution in [0.25, 0.3) is 19.5 Å². The average Bonchev–Trinajstić information content (AvgIpc) is 3.31. The van der Waals surface area contributed by atoms with Gasteiger partial charge in [-0.1, -0.05) is 6.92 Å². The average molecular weight is 388 g/mol. The van der Waals surface area contributed by atoms with E-state index in [1.54, 1.807) is 34.0 Å². The molecule has 3 aromatic rings. The third kappa shape index (κ3) is 2.60. The summed E-state index contributed by atoms with van der Waals surface area (Å²) in [6, 6.07) is 8.23. The van der Waals surface area contributed by atoms with Crippen LogP contribution >= 0.6 is 34.0 Å². The summed E-state index contributed by atoms with van der Waals surface area (Å²) in [5.41, 5.74) is 1.21. The molecule has 0 radical (unpaired) electrons. The first-order chi connectivity index (χ1) is 12.0. The number of imide groups is 1. The molecule has 0 bridgehead atoms. The van der Waals surface area contributed by atoms with Crippen molar-refractivity contribution in [1.29, 1.82) is 0 Å². The van der Waals surface area contributed by atoms with E-state index < -0.39 is 0 Å². The molecule has 0 saturated heterocycles. The van der Waals surface area contributed by atoms with Crippen LogP contribution in [0.3, 0.4) is 0 Å². The fraction of sp³-hybridized carbons (Fsp3) is 0.263. The molecule has 0 N–H and O–H groups in total. The Hall–Kier alpha value is -1.76. The van der Waals surface area contributed by atoms with E-state index in [4.69, 9.17) is 0 Å². The molecule has 3 aromatic heterocycles. The summed E-state index contributed by atoms with van der Waals surface area (Å²) in [4.78, 5) is 33.8. The van der Waals surface area contributed by atoms with Gasteiger partial charge in [-0.15, -0.1) is 34.0 Å². The van der Waals surface area contributed by atoms with Crippen molar-refractivity contribution in [2.24, 2.45) is 0 Å². The summed E-state index contributed by atoms with van der Waals surface area (Å²) in [5, 5.41) is 0. The van der Waals surface area contributed by atoms with E-state index >= 15 is 0 Å². The maximum absolute atomic E-state index is 13.0. The molecule has 25 heavy (non-hydrogen) atoms. The van der Waals surface area contributed by atoms with E-state index in [0.29, 0.717) is 17.7 Å². The quantitative estimate of drug-likeness (QED) is 0.528. The molecule has 4 rings (SSSR count). The zero-order chi connectivity index (χ0) is 17.7. The molecule has 1 aliphatic rings. The summed E-state index contributed by atoms with van der Waals surface area (Å²) in [6.45, 7) is 6.58. The summed E-state index contributed by atoms with van der Waals surface area (Å²) in [6.07, 6.45) is 0.770. The number of rotatable bonds is 4. The normalized spacial score (nSPS) is 13.8. The second-order valence-corrected chi connectivity index (χ2v) is 9.69. The van der Waals surface area contributed by atoms with Crippen LogP contribution in [0, 0.1) is 13.8 Å². The number of fused-ring (bicyclic) bond motifs is 1. The zero-order valence-corrected chi connectivity index (χ0v) is 16.7. The Morgan fingerprint density at radius 2 is 1.28 bits per heavy atom. The summed E-state index contributed by atoms with van der Waals surface area (Å²) in [5.74, 6) is -0.280. The van der Waals surface area contributed by atoms with Crippen LogP contribution in [-0.4, -0.2) is 23.3 Å². The number of carbonyl (C=O) groups is 2. The van der Waals surface area contributed by atoms with Crippen molar-refractivity contribution in [2.45, 2.75) is 27.2 Å². The molecule has 3 nitrogen and oxygen atoms in total. The first kappa shape index (κ1) is 16.7. The maximum Gasteiger partial charge on any atom is 0.263 e. The van der Waals surface area contributed by atoms with Crippen molar-refractivity contribution in [3.8, 4) is 19.5 Å². The van der Waals surface area contributed by atoms with Gasteiger partial charge in [-0.3, -0.25) is 14.5 Å². The lowest BCUT2D eigenvalue weighted by Crippen LogP contribution is -2.30. The number of nitrogens with zero attached hydrogens (tertiary/aromatic N) is 1. The van der Waals surface area contributed by atoms with Crippen LogP contribution in [0.4, 0.5) is 0 Å². The van der Waals surface area contributed by atoms with E-state index in [-0.39, 0.29) is 11.8 Å². The van der Waals surface area contributed by atoms with Gasteiger partial charge < -0.3 is 0 Å². The van der Waals surface area contributed by atoms with Gasteiger partial charge in [-0.2, -0.15) is 0 Å². The van der Waals surface area contributed by atoms with E-state index in [1.807, 2.05) is 6.92 Å². The monoisotopic (exact) mass is 387 g/mol. The minimum Gasteiger partial charge on any atom is -0.274 e. The highest BCUT2D eigenvalue weighted by Crippen LogP contribution is 2.49. The van der Waals surface area contributed by atoms with E-state index in [2.05, 4.69) is 38.1 Å². The second kappa shape index (κ2) is 6.20. The van der Waals surface area contributed by atoms with Gasteiger partial charge >= 0.3 is 0 Å². The minimum absolute atomic E-state index is 0.140. The van der Waals surface area contributed by atoms with E-state index in [9.17, 15) is 9.59 Å². The third-order valence-corrected chi connectivity index (χ3v) is 7.75. The van der Waals surface area contributed by atoms with E-state index in [1.165, 1.54) is 14.7 Å². The standard InChI is InChI=1S/C19H17NO2S3/c1-4-9-20-18(21)14-15(19(20)22)17(13-8-6-11(3)24-13)25-16(14)12-7-5-10(2)23-12/h5-8H,4,9H2,1-3H3. The molecule has 0 fully saturated rings. The van der Waals surface area contributed by atoms with Crippen LogP contribution in [0.2, 0.25) is 0 Å². The van der Waals surface area contributed by atoms with Crippen molar-refractivity contribution in [3.05, 3.63) is 45.1 Å². The lowest BCUT2D eigenvalue weighted by atomic mass is 10.1. The number of hydrogen-bond donors (Lipinski definition) is 0. The van der Waals surface area contributed by atoms with Crippen LogP contribution in [0.5, 0.6) is 0 Å². The first-order valence-electron chi connectivity index (χ1n) is 8.17. The predicted molar refractivity (Wildman–Crippen MR) is 106 cm³/mol. The summed E-state index contributed by atoms with van der Waals surface area (Å²) in [7, 11) is 0. The van der Waals surface area contributed by atoms with Gasteiger partial charge in [0.1, 0.15) is 0 Å². The molecular formula is C19H17NO2S3. The highest BCUT2D eigenvalue weighted by molar-refractivity contribution is 7.27. The Kier molecular flexibility index (Phi) is 4.14. The van der Waals surface area contributed by atoms with Crippen molar-refractivity contribution in [2.75, 3.05) is 6.54 Å². The second-order valence-electron chi connectivity index (χ2n) is 6.09. The highest BCUT2D eigenvalue weighted by atomic mass is 32.1. The molecular weight excluding hydrogens is 370 g/mol. The molecule has 0 aromatic carbocycles. The van der Waals surface area contributed by atoms with Gasteiger partial charge in [0.2, 0.25) is 0 Å². The Labute approximate surface area is 158 Å². The predicted octanol–water partition coefficient (Wildman–Crippen LogP) is 5.83. The van der Waals surface area contributed by atoms with Crippen LogP contribution in [-0.2, 0) is 0 Å². The van der Waals surface area contributed by atoms with Gasteiger partial charge in [-0.05, 0) is 44.5 Å². The molecule has 0 aliphatic carbocycles. The maximum atomic E-state index is 13.0. The lowest BCUT2D eigenvalue weighted by molar-refractivity contribution is 0.0655. The number of amides is 2. The Morgan fingerprint density at radius 3 is 1.64 bits per heavy atom. The number of thiophene rings is 3. The highest BCUT2D eigenvalue weighted by Gasteiger charge is 2.42. The largest absolute Gasteiger partial charge is 0.274 e. The molecule has 2 amide bonds. The van der Waals surface area contributed by atoms with Gasteiger partial charge in [-0.25, -0.2) is 0 Å². The van der Waals surface area contributed by atoms with Gasteiger partial charge in [0, 0.05) is 26.1 Å². The van der Waals surface area contributed by atoms with Gasteiger partial charge in [0.05, 0.1) is 20.9 Å². The number of carbonyl (C=O) groups excluding carboxylic acids is 2. The minimum atomic E-state index is -0.140. The van der Waals surface area contributed by atoms with E-state index in [0.717, 1.165) is 25.9 Å². The lowest BCUT2D eigenvalue weighted by Gasteiger charge is -2.13. The van der Waals surface area contributed by atoms with Crippen LogP contribution < -0.4 is 0 Å². The summed E-state index contributed by atoms with van der Waals surface area (Å²) < 4.78 is 0. The van der Waals surface area contributed by atoms with Crippen molar-refractivity contribution in [1.82, 2.24) is 4.90 Å². The number of hydrogen-bond acceptors (Lipinski definition) is 5. The molecule has 6 heteroatoms. The fourth-order valence-corrected chi connectivity index (χ4v) is 6.34. The molecule has 0 atom stereocenters. The fourth-order valence-electron chi connectivity index (χ4n) is 3.09. The van der Waals surface area contributed by atoms with Crippen molar-refractivity contribution in [3.63, 3.8) is 0 Å². The summed E-state index contributed by atoms with van der Waals surface area (Å²) >= 11 is 4.92. The van der Waals surface area contributed by atoms with Crippen LogP contribution in [0.1, 0.15) is 43.8 Å².